The Morgan fingerprint density at radius 3 is 2.39 bits per heavy atom. The summed E-state index contributed by atoms with van der Waals surface area (Å²) < 4.78 is 10.5. The van der Waals surface area contributed by atoms with E-state index in [-0.39, 0.29) is 12.5 Å². The van der Waals surface area contributed by atoms with Crippen LogP contribution in [0.2, 0.25) is 0 Å². The molecule has 2 aromatic carbocycles. The molecule has 148 valence electrons. The second kappa shape index (κ2) is 8.75. The minimum atomic E-state index is -0.447. The molecule has 7 nitrogen and oxygen atoms in total. The molecule has 0 heterocycles. The van der Waals surface area contributed by atoms with Gasteiger partial charge in [0.15, 0.2) is 0 Å². The van der Waals surface area contributed by atoms with Crippen LogP contribution in [0.5, 0.6) is 11.5 Å². The van der Waals surface area contributed by atoms with Gasteiger partial charge in [0.25, 0.3) is 0 Å². The highest BCUT2D eigenvalue weighted by Crippen LogP contribution is 2.30. The fourth-order valence-corrected chi connectivity index (χ4v) is 3.05. The molecule has 2 aromatic rings. The molecule has 0 atom stereocenters. The number of primary amides is 1. The lowest BCUT2D eigenvalue weighted by atomic mass is 10.1. The molecule has 28 heavy (non-hydrogen) atoms. The standard InChI is InChI=1S/C21H25N3O4/c1-27-17-9-10-19(28-2)18(11-17)23-20(25)13-24(16-7-8-16)12-14-3-5-15(6-4-14)21(22)26/h3-6,9-11,16H,7-8,12-13H2,1-2H3,(H2,22,26)(H,23,25). The molecule has 0 saturated heterocycles. The molecule has 0 radical (unpaired) electrons. The van der Waals surface area contributed by atoms with Gasteiger partial charge in [0.05, 0.1) is 26.5 Å². The smallest absolute Gasteiger partial charge is 0.248 e. The molecule has 1 aliphatic rings. The van der Waals surface area contributed by atoms with Gasteiger partial charge < -0.3 is 20.5 Å². The molecule has 0 bridgehead atoms. The van der Waals surface area contributed by atoms with Crippen LogP contribution in [0, 0.1) is 0 Å². The van der Waals surface area contributed by atoms with E-state index in [0.29, 0.717) is 35.3 Å². The maximum atomic E-state index is 12.6. The summed E-state index contributed by atoms with van der Waals surface area (Å²) in [6.07, 6.45) is 2.16. The molecule has 3 rings (SSSR count). The number of hydrogen-bond donors (Lipinski definition) is 2. The summed E-state index contributed by atoms with van der Waals surface area (Å²) in [5, 5.41) is 2.91. The number of carbonyl (C=O) groups is 2. The van der Waals surface area contributed by atoms with E-state index in [4.69, 9.17) is 15.2 Å². The first-order valence-corrected chi connectivity index (χ1v) is 9.15. The van der Waals surface area contributed by atoms with E-state index in [1.807, 2.05) is 12.1 Å². The monoisotopic (exact) mass is 383 g/mol. The van der Waals surface area contributed by atoms with E-state index in [0.717, 1.165) is 18.4 Å². The Morgan fingerprint density at radius 1 is 1.11 bits per heavy atom. The molecule has 0 aliphatic heterocycles. The van der Waals surface area contributed by atoms with Crippen LogP contribution in [-0.2, 0) is 11.3 Å². The molecule has 7 heteroatoms. The third kappa shape index (κ3) is 5.01. The highest BCUT2D eigenvalue weighted by Gasteiger charge is 2.30. The van der Waals surface area contributed by atoms with Crippen LogP contribution >= 0.6 is 0 Å². The fraction of sp³-hybridized carbons (Fsp3) is 0.333. The van der Waals surface area contributed by atoms with Gasteiger partial charge >= 0.3 is 0 Å². The number of methoxy groups -OCH3 is 2. The Bertz CT molecular complexity index is 847. The number of anilines is 1. The first-order valence-electron chi connectivity index (χ1n) is 9.15. The Hall–Kier alpha value is -3.06. The maximum Gasteiger partial charge on any atom is 0.248 e. The molecule has 0 spiro atoms. The van der Waals surface area contributed by atoms with Gasteiger partial charge in [-0.05, 0) is 42.7 Å². The van der Waals surface area contributed by atoms with Crippen molar-refractivity contribution in [2.75, 3.05) is 26.1 Å². The van der Waals surface area contributed by atoms with Gasteiger partial charge in [0, 0.05) is 24.2 Å². The van der Waals surface area contributed by atoms with E-state index < -0.39 is 5.91 Å². The quantitative estimate of drug-likeness (QED) is 0.693. The second-order valence-electron chi connectivity index (χ2n) is 6.81. The average molecular weight is 383 g/mol. The van der Waals surface area contributed by atoms with Gasteiger partial charge in [-0.2, -0.15) is 0 Å². The van der Waals surface area contributed by atoms with Crippen molar-refractivity contribution in [2.24, 2.45) is 5.73 Å². The van der Waals surface area contributed by atoms with Crippen molar-refractivity contribution in [3.05, 3.63) is 53.6 Å². The summed E-state index contributed by atoms with van der Waals surface area (Å²) in [6, 6.07) is 12.8. The third-order valence-corrected chi connectivity index (χ3v) is 4.71. The number of benzene rings is 2. The van der Waals surface area contributed by atoms with Crippen LogP contribution in [0.4, 0.5) is 5.69 Å². The molecule has 1 saturated carbocycles. The Labute approximate surface area is 164 Å². The highest BCUT2D eigenvalue weighted by molar-refractivity contribution is 5.94. The Morgan fingerprint density at radius 2 is 1.82 bits per heavy atom. The minimum Gasteiger partial charge on any atom is -0.497 e. The van der Waals surface area contributed by atoms with E-state index in [1.54, 1.807) is 44.6 Å². The predicted octanol–water partition coefficient (Wildman–Crippen LogP) is 2.41. The third-order valence-electron chi connectivity index (χ3n) is 4.71. The average Bonchev–Trinajstić information content (AvgIpc) is 3.53. The number of ether oxygens (including phenoxy) is 2. The number of carbonyl (C=O) groups excluding carboxylic acids is 2. The summed E-state index contributed by atoms with van der Waals surface area (Å²) in [5.41, 5.74) is 7.37. The molecular formula is C21H25N3O4. The van der Waals surface area contributed by atoms with Gasteiger partial charge in [0.2, 0.25) is 11.8 Å². The number of nitrogens with one attached hydrogen (secondary N) is 1. The van der Waals surface area contributed by atoms with E-state index in [1.165, 1.54) is 0 Å². The lowest BCUT2D eigenvalue weighted by Crippen LogP contribution is -2.34. The van der Waals surface area contributed by atoms with Crippen molar-refractivity contribution >= 4 is 17.5 Å². The number of amides is 2. The zero-order valence-corrected chi connectivity index (χ0v) is 16.1. The van der Waals surface area contributed by atoms with Gasteiger partial charge in [-0.3, -0.25) is 14.5 Å². The molecule has 2 amide bonds. The van der Waals surface area contributed by atoms with Gasteiger partial charge in [-0.25, -0.2) is 0 Å². The van der Waals surface area contributed by atoms with Crippen LogP contribution in [0.3, 0.4) is 0 Å². The highest BCUT2D eigenvalue weighted by atomic mass is 16.5. The van der Waals surface area contributed by atoms with Gasteiger partial charge in [-0.15, -0.1) is 0 Å². The number of rotatable bonds is 9. The van der Waals surface area contributed by atoms with Crippen molar-refractivity contribution < 1.29 is 19.1 Å². The summed E-state index contributed by atoms with van der Waals surface area (Å²) in [5.74, 6) is 0.656. The van der Waals surface area contributed by atoms with Crippen molar-refractivity contribution in [3.8, 4) is 11.5 Å². The normalized spacial score (nSPS) is 13.2. The summed E-state index contributed by atoms with van der Waals surface area (Å²) in [6.45, 7) is 0.898. The topological polar surface area (TPSA) is 93.9 Å². The SMILES string of the molecule is COc1ccc(OC)c(NC(=O)CN(Cc2ccc(C(N)=O)cc2)C2CC2)c1. The van der Waals surface area contributed by atoms with Crippen molar-refractivity contribution in [2.45, 2.75) is 25.4 Å². The van der Waals surface area contributed by atoms with Gasteiger partial charge in [0.1, 0.15) is 11.5 Å². The van der Waals surface area contributed by atoms with Crippen LogP contribution in [0.15, 0.2) is 42.5 Å². The maximum absolute atomic E-state index is 12.6. The van der Waals surface area contributed by atoms with E-state index in [2.05, 4.69) is 10.2 Å². The first-order chi connectivity index (χ1) is 13.5. The van der Waals surface area contributed by atoms with E-state index >= 15 is 0 Å². The minimum absolute atomic E-state index is 0.118. The summed E-state index contributed by atoms with van der Waals surface area (Å²) in [7, 11) is 3.13. The zero-order chi connectivity index (χ0) is 20.1. The Balaban J connectivity index is 1.66. The van der Waals surface area contributed by atoms with Crippen molar-refractivity contribution in [3.63, 3.8) is 0 Å². The number of nitrogens with two attached hydrogens (primary N) is 1. The second-order valence-corrected chi connectivity index (χ2v) is 6.81. The predicted molar refractivity (Wildman–Crippen MR) is 107 cm³/mol. The van der Waals surface area contributed by atoms with Crippen LogP contribution in [0.25, 0.3) is 0 Å². The largest absolute Gasteiger partial charge is 0.497 e. The molecular weight excluding hydrogens is 358 g/mol. The molecule has 0 unspecified atom stereocenters. The molecule has 1 aliphatic carbocycles. The lowest BCUT2D eigenvalue weighted by molar-refractivity contribution is -0.117. The summed E-state index contributed by atoms with van der Waals surface area (Å²) in [4.78, 5) is 26.0. The first kappa shape index (κ1) is 19.7. The van der Waals surface area contributed by atoms with Crippen molar-refractivity contribution in [1.82, 2.24) is 4.90 Å². The van der Waals surface area contributed by atoms with Crippen LogP contribution < -0.4 is 20.5 Å². The van der Waals surface area contributed by atoms with Gasteiger partial charge in [-0.1, -0.05) is 12.1 Å². The molecule has 3 N–H and O–H groups in total. The van der Waals surface area contributed by atoms with Crippen LogP contribution in [-0.4, -0.2) is 43.5 Å². The number of hydrogen-bond acceptors (Lipinski definition) is 5. The lowest BCUT2D eigenvalue weighted by Gasteiger charge is -2.22. The van der Waals surface area contributed by atoms with E-state index in [9.17, 15) is 9.59 Å². The summed E-state index contributed by atoms with van der Waals surface area (Å²) >= 11 is 0. The zero-order valence-electron chi connectivity index (χ0n) is 16.1. The number of nitrogens with zero attached hydrogens (tertiary/aromatic N) is 1. The van der Waals surface area contributed by atoms with Crippen molar-refractivity contribution in [1.29, 1.82) is 0 Å². The molecule has 0 aromatic heterocycles. The molecule has 1 fully saturated rings. The fourth-order valence-electron chi connectivity index (χ4n) is 3.05. The van der Waals surface area contributed by atoms with Crippen LogP contribution in [0.1, 0.15) is 28.8 Å². The Kier molecular flexibility index (Phi) is 6.16.